The summed E-state index contributed by atoms with van der Waals surface area (Å²) in [4.78, 5) is 24.4. The molecule has 110 valence electrons. The zero-order chi connectivity index (χ0) is 15.5. The highest BCUT2D eigenvalue weighted by atomic mass is 16.4. The first-order valence-corrected chi connectivity index (χ1v) is 6.18. The van der Waals surface area contributed by atoms with Gasteiger partial charge in [-0.2, -0.15) is 0 Å². The number of carbonyl (C=O) groups excluding carboxylic acids is 1. The molecule has 0 aliphatic heterocycles. The molecule has 0 aliphatic rings. The molecule has 6 nitrogen and oxygen atoms in total. The van der Waals surface area contributed by atoms with Crippen molar-refractivity contribution in [1.29, 1.82) is 0 Å². The lowest BCUT2D eigenvalue weighted by Gasteiger charge is -2.26. The number of rotatable bonds is 4. The van der Waals surface area contributed by atoms with Crippen LogP contribution in [0.2, 0.25) is 0 Å². The average Bonchev–Trinajstić information content (AvgIpc) is 2.28. The van der Waals surface area contributed by atoms with Gasteiger partial charge >= 0.3 is 12.0 Å². The van der Waals surface area contributed by atoms with Gasteiger partial charge in [-0.05, 0) is 32.9 Å². The smallest absolute Gasteiger partial charge is 0.337 e. The second-order valence-electron chi connectivity index (χ2n) is 5.45. The molecule has 0 spiro atoms. The molecule has 0 fully saturated rings. The molecular weight excluding hydrogens is 260 g/mol. The number of benzene rings is 1. The molecule has 1 rings (SSSR count). The zero-order valence-corrected chi connectivity index (χ0v) is 12.1. The number of carboxylic acids is 1. The molecular formula is C14H20N2O4. The van der Waals surface area contributed by atoms with Crippen LogP contribution in [0.5, 0.6) is 0 Å². The minimum atomic E-state index is -1.10. The molecule has 0 saturated heterocycles. The fourth-order valence-electron chi connectivity index (χ4n) is 1.81. The Hall–Kier alpha value is -2.08. The number of aryl methyl sites for hydroxylation is 1. The van der Waals surface area contributed by atoms with Crippen LogP contribution in [-0.4, -0.2) is 46.3 Å². The van der Waals surface area contributed by atoms with Crippen molar-refractivity contribution in [2.75, 3.05) is 18.9 Å². The maximum Gasteiger partial charge on any atom is 0.337 e. The lowest BCUT2D eigenvalue weighted by molar-refractivity contribution is 0.0550. The molecule has 0 unspecified atom stereocenters. The van der Waals surface area contributed by atoms with Gasteiger partial charge in [0.15, 0.2) is 0 Å². The minimum Gasteiger partial charge on any atom is -0.478 e. The normalized spacial score (nSPS) is 11.1. The van der Waals surface area contributed by atoms with E-state index < -0.39 is 17.6 Å². The monoisotopic (exact) mass is 280 g/mol. The molecule has 0 aromatic heterocycles. The highest BCUT2D eigenvalue weighted by Gasteiger charge is 2.20. The summed E-state index contributed by atoms with van der Waals surface area (Å²) < 4.78 is 0. The van der Waals surface area contributed by atoms with Crippen LogP contribution < -0.4 is 5.32 Å². The van der Waals surface area contributed by atoms with Crippen LogP contribution in [0, 0.1) is 6.92 Å². The molecule has 0 heterocycles. The quantitative estimate of drug-likeness (QED) is 0.786. The molecule has 1 aromatic rings. The Morgan fingerprint density at radius 3 is 2.45 bits per heavy atom. The van der Waals surface area contributed by atoms with Crippen LogP contribution >= 0.6 is 0 Å². The van der Waals surface area contributed by atoms with Gasteiger partial charge in [-0.25, -0.2) is 9.59 Å². The largest absolute Gasteiger partial charge is 0.478 e. The highest BCUT2D eigenvalue weighted by molar-refractivity contribution is 6.00. The Kier molecular flexibility index (Phi) is 4.73. The van der Waals surface area contributed by atoms with Gasteiger partial charge < -0.3 is 20.4 Å². The van der Waals surface area contributed by atoms with E-state index in [1.165, 1.54) is 18.0 Å². The number of hydrogen-bond acceptors (Lipinski definition) is 3. The summed E-state index contributed by atoms with van der Waals surface area (Å²) in [5.41, 5.74) is 0.0468. The van der Waals surface area contributed by atoms with Crippen molar-refractivity contribution >= 4 is 17.7 Å². The Balaban J connectivity index is 2.88. The van der Waals surface area contributed by atoms with Gasteiger partial charge in [-0.15, -0.1) is 0 Å². The Bertz CT molecular complexity index is 520. The molecule has 1 aromatic carbocycles. The van der Waals surface area contributed by atoms with Crippen molar-refractivity contribution in [2.45, 2.75) is 26.4 Å². The first kappa shape index (κ1) is 16.0. The predicted octanol–water partition coefficient (Wildman–Crippen LogP) is 1.93. The van der Waals surface area contributed by atoms with E-state index in [1.807, 2.05) is 0 Å². The summed E-state index contributed by atoms with van der Waals surface area (Å²) in [6.07, 6.45) is 0. The molecule has 0 saturated carbocycles. The molecule has 6 heteroatoms. The van der Waals surface area contributed by atoms with Gasteiger partial charge in [-0.3, -0.25) is 0 Å². The number of likely N-dealkylation sites (N-methyl/N-ethyl adjacent to an activating group) is 1. The van der Waals surface area contributed by atoms with Gasteiger partial charge in [-0.1, -0.05) is 11.6 Å². The SMILES string of the molecule is Cc1ccc(NC(=O)N(C)CC(C)(C)O)c(C(=O)O)c1. The number of aromatic carboxylic acids is 1. The van der Waals surface area contributed by atoms with Crippen molar-refractivity contribution in [3.63, 3.8) is 0 Å². The van der Waals surface area contributed by atoms with Gasteiger partial charge in [0.25, 0.3) is 0 Å². The second-order valence-corrected chi connectivity index (χ2v) is 5.45. The van der Waals surface area contributed by atoms with Crippen molar-refractivity contribution in [2.24, 2.45) is 0 Å². The molecule has 0 atom stereocenters. The number of hydrogen-bond donors (Lipinski definition) is 3. The zero-order valence-electron chi connectivity index (χ0n) is 12.1. The number of nitrogens with zero attached hydrogens (tertiary/aromatic N) is 1. The standard InChI is InChI=1S/C14H20N2O4/c1-9-5-6-11(10(7-9)12(17)18)15-13(19)16(4)8-14(2,3)20/h5-7,20H,8H2,1-4H3,(H,15,19)(H,17,18). The van der Waals surface area contributed by atoms with Crippen LogP contribution in [0.15, 0.2) is 18.2 Å². The lowest BCUT2D eigenvalue weighted by atomic mass is 10.1. The topological polar surface area (TPSA) is 89.9 Å². The summed E-state index contributed by atoms with van der Waals surface area (Å²) in [5.74, 6) is -1.10. The first-order chi connectivity index (χ1) is 9.10. The molecule has 20 heavy (non-hydrogen) atoms. The Morgan fingerprint density at radius 2 is 1.95 bits per heavy atom. The molecule has 0 aliphatic carbocycles. The number of carboxylic acid groups (broad SMARTS) is 1. The highest BCUT2D eigenvalue weighted by Crippen LogP contribution is 2.18. The fourth-order valence-corrected chi connectivity index (χ4v) is 1.81. The van der Waals surface area contributed by atoms with E-state index >= 15 is 0 Å². The van der Waals surface area contributed by atoms with Crippen LogP contribution in [0.25, 0.3) is 0 Å². The third-order valence-corrected chi connectivity index (χ3v) is 2.62. The van der Waals surface area contributed by atoms with Crippen LogP contribution in [0.1, 0.15) is 29.8 Å². The Morgan fingerprint density at radius 1 is 1.35 bits per heavy atom. The van der Waals surface area contributed by atoms with E-state index in [-0.39, 0.29) is 17.8 Å². The van der Waals surface area contributed by atoms with Crippen molar-refractivity contribution in [3.05, 3.63) is 29.3 Å². The van der Waals surface area contributed by atoms with Gasteiger partial charge in [0.1, 0.15) is 0 Å². The number of urea groups is 1. The molecule has 2 amide bonds. The summed E-state index contributed by atoms with van der Waals surface area (Å²) in [7, 11) is 1.53. The number of aliphatic hydroxyl groups is 1. The predicted molar refractivity (Wildman–Crippen MR) is 76.1 cm³/mol. The van der Waals surface area contributed by atoms with E-state index in [0.717, 1.165) is 5.56 Å². The molecule has 0 bridgehead atoms. The van der Waals surface area contributed by atoms with Gasteiger partial charge in [0.2, 0.25) is 0 Å². The number of anilines is 1. The molecule has 0 radical (unpaired) electrons. The summed E-state index contributed by atoms with van der Waals surface area (Å²) >= 11 is 0. The summed E-state index contributed by atoms with van der Waals surface area (Å²) in [6.45, 7) is 5.09. The number of carbonyl (C=O) groups is 2. The van der Waals surface area contributed by atoms with Gasteiger partial charge in [0, 0.05) is 7.05 Å². The second kappa shape index (κ2) is 5.92. The van der Waals surface area contributed by atoms with Crippen LogP contribution in [0.4, 0.5) is 10.5 Å². The molecule has 3 N–H and O–H groups in total. The summed E-state index contributed by atoms with van der Waals surface area (Å²) in [5, 5.41) is 21.3. The first-order valence-electron chi connectivity index (χ1n) is 6.18. The number of amides is 2. The van der Waals surface area contributed by atoms with Gasteiger partial charge in [0.05, 0.1) is 23.4 Å². The van der Waals surface area contributed by atoms with E-state index in [9.17, 15) is 14.7 Å². The van der Waals surface area contributed by atoms with E-state index in [0.29, 0.717) is 0 Å². The number of nitrogens with one attached hydrogen (secondary N) is 1. The third kappa shape index (κ3) is 4.55. The van der Waals surface area contributed by atoms with Crippen molar-refractivity contribution < 1.29 is 19.8 Å². The van der Waals surface area contributed by atoms with E-state index in [1.54, 1.807) is 32.9 Å². The van der Waals surface area contributed by atoms with E-state index in [4.69, 9.17) is 5.11 Å². The van der Waals surface area contributed by atoms with Crippen molar-refractivity contribution in [1.82, 2.24) is 4.90 Å². The van der Waals surface area contributed by atoms with E-state index in [2.05, 4.69) is 5.32 Å². The lowest BCUT2D eigenvalue weighted by Crippen LogP contribution is -2.41. The maximum absolute atomic E-state index is 12.0. The van der Waals surface area contributed by atoms with Crippen LogP contribution in [-0.2, 0) is 0 Å². The summed E-state index contributed by atoms with van der Waals surface area (Å²) in [6, 6.07) is 4.29. The maximum atomic E-state index is 12.0. The minimum absolute atomic E-state index is 0.0370. The van der Waals surface area contributed by atoms with Crippen molar-refractivity contribution in [3.8, 4) is 0 Å². The third-order valence-electron chi connectivity index (χ3n) is 2.62. The fraction of sp³-hybridized carbons (Fsp3) is 0.429. The average molecular weight is 280 g/mol. The Labute approximate surface area is 118 Å². The van der Waals surface area contributed by atoms with Crippen LogP contribution in [0.3, 0.4) is 0 Å².